The van der Waals surface area contributed by atoms with Crippen LogP contribution in [0.15, 0.2) is 30.3 Å². The van der Waals surface area contributed by atoms with Crippen LogP contribution in [-0.2, 0) is 0 Å². The summed E-state index contributed by atoms with van der Waals surface area (Å²) in [5, 5.41) is 14.3. The Morgan fingerprint density at radius 3 is 2.60 bits per heavy atom. The van der Waals surface area contributed by atoms with Gasteiger partial charge >= 0.3 is 6.01 Å². The Bertz CT molecular complexity index is 2030. The minimum absolute atomic E-state index is 0.00829. The lowest BCUT2D eigenvalue weighted by atomic mass is 9.73. The highest BCUT2D eigenvalue weighted by atomic mass is 19.3. The highest BCUT2D eigenvalue weighted by Gasteiger charge is 2.44. The monoisotopic (exact) mass is 654 g/mol. The molecule has 0 unspecified atom stereocenters. The van der Waals surface area contributed by atoms with Crippen molar-refractivity contribution >= 4 is 27.5 Å². The van der Waals surface area contributed by atoms with E-state index in [0.29, 0.717) is 13.1 Å². The Balaban J connectivity index is 1.38. The summed E-state index contributed by atoms with van der Waals surface area (Å²) in [4.78, 5) is 11.9. The first-order valence-corrected chi connectivity index (χ1v) is 15.5. The molecule has 3 aromatic carbocycles. The van der Waals surface area contributed by atoms with Gasteiger partial charge in [0.25, 0.3) is 0 Å². The zero-order chi connectivity index (χ0) is 35.7. The molecule has 0 aliphatic carbocycles. The first-order chi connectivity index (χ1) is 23.7. The number of hydrogen-bond donors (Lipinski definition) is 2. The van der Waals surface area contributed by atoms with Gasteiger partial charge < -0.3 is 25.0 Å². The first-order valence-electron chi connectivity index (χ1n) is 17.0. The number of phenols is 1. The molecule has 3 fully saturated rings. The summed E-state index contributed by atoms with van der Waals surface area (Å²) in [5.41, 5.74) is -2.78. The molecule has 7 rings (SSSR count). The number of likely N-dealkylation sites (tertiary alicyclic amines) is 1. The van der Waals surface area contributed by atoms with Gasteiger partial charge in [0.15, 0.2) is 5.82 Å². The number of aromatic nitrogens is 2. The van der Waals surface area contributed by atoms with Crippen molar-refractivity contribution in [3.63, 3.8) is 0 Å². The number of aromatic hydroxyl groups is 1. The third kappa shape index (κ3) is 5.49. The van der Waals surface area contributed by atoms with Gasteiger partial charge in [0.1, 0.15) is 28.7 Å². The molecule has 0 radical (unpaired) electrons. The summed E-state index contributed by atoms with van der Waals surface area (Å²) in [6.45, 7) is -0.739. The Morgan fingerprint density at radius 1 is 1.13 bits per heavy atom. The first kappa shape index (κ1) is 27.9. The number of nitrogens with one attached hydrogen (secondary N) is 1. The number of fused-ring (bicyclic) bond motifs is 4. The molecule has 7 nitrogen and oxygen atoms in total. The van der Waals surface area contributed by atoms with Crippen LogP contribution in [0, 0.1) is 41.1 Å². The molecule has 1 aromatic heterocycles. The average molecular weight is 655 g/mol. The largest absolute Gasteiger partial charge is 0.508 e. The normalized spacial score (nSPS) is 26.0. The third-order valence-electron chi connectivity index (χ3n) is 9.82. The zero-order valence-electron chi connectivity index (χ0n) is 28.5. The topological polar surface area (TPSA) is 73.8 Å². The van der Waals surface area contributed by atoms with Crippen molar-refractivity contribution in [2.45, 2.75) is 44.7 Å². The maximum absolute atomic E-state index is 16.9. The number of nitrogens with zero attached hydrogens (tertiary/aromatic N) is 4. The number of terminal acetylenes is 1. The summed E-state index contributed by atoms with van der Waals surface area (Å²) < 4.78 is 106. The highest BCUT2D eigenvalue weighted by Crippen LogP contribution is 2.43. The molecule has 3 aliphatic rings. The maximum atomic E-state index is 16.9. The fourth-order valence-corrected chi connectivity index (χ4v) is 7.53. The number of ether oxygens (including phenoxy) is 1. The lowest BCUT2D eigenvalue weighted by Crippen LogP contribution is -2.51. The molecule has 3 aliphatic heterocycles. The molecule has 0 amide bonds. The lowest BCUT2D eigenvalue weighted by molar-refractivity contribution is -0.0679. The number of hydrogen-bond acceptors (Lipinski definition) is 7. The zero-order valence-corrected chi connectivity index (χ0v) is 25.5. The summed E-state index contributed by atoms with van der Waals surface area (Å²) in [5.74, 6) is -2.12. The predicted octanol–water partition coefficient (Wildman–Crippen LogP) is 6.10. The third-order valence-corrected chi connectivity index (χ3v) is 9.82. The van der Waals surface area contributed by atoms with Gasteiger partial charge in [0.2, 0.25) is 6.43 Å². The van der Waals surface area contributed by atoms with Gasteiger partial charge in [0.05, 0.1) is 17.7 Å². The van der Waals surface area contributed by atoms with E-state index >= 15 is 8.78 Å². The summed E-state index contributed by atoms with van der Waals surface area (Å²) in [6.07, 6.45) is 4.56. The second kappa shape index (κ2) is 11.8. The lowest BCUT2D eigenvalue weighted by Gasteiger charge is -2.44. The van der Waals surface area contributed by atoms with E-state index in [2.05, 4.69) is 21.2 Å². The second-order valence-electron chi connectivity index (χ2n) is 13.1. The molecule has 4 atom stereocenters. The van der Waals surface area contributed by atoms with E-state index in [0.717, 1.165) is 35.9 Å². The quantitative estimate of drug-likeness (QED) is 0.193. The Hall–Kier alpha value is -4.21. The number of alkyl halides is 2. The molecule has 0 spiro atoms. The fraction of sp³-hybridized carbons (Fsp3) is 0.429. The van der Waals surface area contributed by atoms with E-state index in [4.69, 9.17) is 15.3 Å². The van der Waals surface area contributed by atoms with E-state index in [9.17, 15) is 18.3 Å². The molecule has 0 saturated carbocycles. The summed E-state index contributed by atoms with van der Waals surface area (Å²) in [7, 11) is 0. The van der Waals surface area contributed by atoms with Gasteiger partial charge in [-0.1, -0.05) is 18.9 Å². The van der Waals surface area contributed by atoms with Gasteiger partial charge in [-0.2, -0.15) is 9.97 Å². The number of piperidine rings is 1. The maximum Gasteiger partial charge on any atom is 0.319 e. The summed E-state index contributed by atoms with van der Waals surface area (Å²) in [6, 6.07) is 5.74. The molecule has 47 heavy (non-hydrogen) atoms. The van der Waals surface area contributed by atoms with Gasteiger partial charge in [-0.25, -0.2) is 22.0 Å². The van der Waals surface area contributed by atoms with Crippen LogP contribution in [0.25, 0.3) is 32.8 Å². The van der Waals surface area contributed by atoms with E-state index in [1.165, 1.54) is 19.1 Å². The van der Waals surface area contributed by atoms with Crippen molar-refractivity contribution in [1.29, 1.82) is 0 Å². The van der Waals surface area contributed by atoms with Crippen molar-refractivity contribution in [3.8, 4) is 35.2 Å². The van der Waals surface area contributed by atoms with Crippen LogP contribution >= 0.6 is 0 Å². The molecule has 4 aromatic rings. The van der Waals surface area contributed by atoms with Gasteiger partial charge in [-0.05, 0) is 62.4 Å². The predicted molar refractivity (Wildman–Crippen MR) is 169 cm³/mol. The average Bonchev–Trinajstić information content (AvgIpc) is 3.39. The van der Waals surface area contributed by atoms with Crippen LogP contribution in [0.1, 0.15) is 35.9 Å². The number of benzene rings is 3. The number of phenolic OH excluding ortho intramolecular Hbond substituents is 1. The molecule has 2 N–H and O–H groups in total. The van der Waals surface area contributed by atoms with Crippen LogP contribution in [0.3, 0.4) is 0 Å². The van der Waals surface area contributed by atoms with E-state index < -0.39 is 54.4 Å². The van der Waals surface area contributed by atoms with E-state index in [-0.39, 0.29) is 82.0 Å². The molecule has 12 heteroatoms. The van der Waals surface area contributed by atoms with Crippen molar-refractivity contribution < 1.29 is 35.9 Å². The van der Waals surface area contributed by atoms with Crippen LogP contribution in [0.5, 0.6) is 11.8 Å². The van der Waals surface area contributed by atoms with Crippen molar-refractivity contribution in [2.75, 3.05) is 44.7 Å². The molecule has 2 bridgehead atoms. The van der Waals surface area contributed by atoms with Crippen molar-refractivity contribution in [3.05, 3.63) is 53.3 Å². The van der Waals surface area contributed by atoms with E-state index in [1.807, 2.05) is 4.90 Å². The van der Waals surface area contributed by atoms with Gasteiger partial charge in [-0.15, -0.1) is 6.42 Å². The number of piperazine rings is 1. The van der Waals surface area contributed by atoms with Crippen LogP contribution in [0.4, 0.5) is 27.8 Å². The number of anilines is 1. The number of halogens is 5. The highest BCUT2D eigenvalue weighted by molar-refractivity contribution is 6.04. The second-order valence-corrected chi connectivity index (χ2v) is 13.1. The van der Waals surface area contributed by atoms with Gasteiger partial charge in [0, 0.05) is 63.5 Å². The van der Waals surface area contributed by atoms with E-state index in [1.54, 1.807) is 0 Å². The molecular weight excluding hydrogens is 617 g/mol. The van der Waals surface area contributed by atoms with Crippen LogP contribution in [0.2, 0.25) is 0 Å². The van der Waals surface area contributed by atoms with Gasteiger partial charge in [-0.3, -0.25) is 0 Å². The van der Waals surface area contributed by atoms with Crippen molar-refractivity contribution in [2.24, 2.45) is 11.3 Å². The molecular formula is C35H34F5N5O2. The Kier molecular flexibility index (Phi) is 6.99. The summed E-state index contributed by atoms with van der Waals surface area (Å²) >= 11 is 0. The number of rotatable bonds is 6. The van der Waals surface area contributed by atoms with Crippen LogP contribution < -0.4 is 15.0 Å². The molecule has 3 saturated heterocycles. The minimum Gasteiger partial charge on any atom is -0.508 e. The minimum atomic E-state index is -2.76. The van der Waals surface area contributed by atoms with Crippen LogP contribution in [-0.4, -0.2) is 78.2 Å². The standard InChI is InChI=1S/C35H34F5N5O2/c1-4-22-26(36)8-5-18-11-21(46)12-23(28(18)22)29-27(37)13-24-31(30(29)38)42-34(43-33(24)45-14-19-6-7-20(15-45)41-19)47-17-35(2)16-44(3)10-9-25(35)32(39)40/h1,5,8,11-13,19-20,25,32,41,46H,6-7,9-10,14-17H2,2-3H3/t19-,20+,25-,35+/m1/s1/i3D3. The SMILES string of the molecule is [2H]C([2H])([2H])N1CC[C@H](C(F)F)[C@](C)(COc2nc(N3C[C@H]4CC[C@@H](C3)N4)c3cc(F)c(-c4cc(O)cc5ccc(F)c(C#C)c45)c(F)c3n2)C1. The smallest absolute Gasteiger partial charge is 0.319 e. The molecule has 246 valence electrons. The fourth-order valence-electron chi connectivity index (χ4n) is 7.53. The molecule has 4 heterocycles. The van der Waals surface area contributed by atoms with Crippen molar-refractivity contribution in [1.82, 2.24) is 20.2 Å². The Labute approximate surface area is 272 Å². The Morgan fingerprint density at radius 2 is 1.89 bits per heavy atom.